The second-order valence-corrected chi connectivity index (χ2v) is 5.53. The third-order valence-electron chi connectivity index (χ3n) is 4.13. The lowest BCUT2D eigenvalue weighted by molar-refractivity contribution is -0.136. The van der Waals surface area contributed by atoms with Gasteiger partial charge in [-0.2, -0.15) is 0 Å². The van der Waals surface area contributed by atoms with Gasteiger partial charge in [0.2, 0.25) is 11.8 Å². The van der Waals surface area contributed by atoms with E-state index in [1.54, 1.807) is 12.1 Å². The second kappa shape index (κ2) is 5.63. The number of hydrogen-bond donors (Lipinski definition) is 2. The molecule has 2 fully saturated rings. The zero-order valence-electron chi connectivity index (χ0n) is 11.8. The van der Waals surface area contributed by atoms with Crippen LogP contribution in [-0.2, 0) is 9.59 Å². The smallest absolute Gasteiger partial charge is 0.228 e. The maximum Gasteiger partial charge on any atom is 0.228 e. The van der Waals surface area contributed by atoms with E-state index >= 15 is 0 Å². The number of rotatable bonds is 2. The zero-order chi connectivity index (χ0) is 14.8. The Kier molecular flexibility index (Phi) is 3.68. The van der Waals surface area contributed by atoms with Crippen LogP contribution in [0, 0.1) is 5.92 Å². The molecule has 1 unspecified atom stereocenters. The molecule has 2 saturated heterocycles. The van der Waals surface area contributed by atoms with E-state index in [0.717, 1.165) is 18.8 Å². The summed E-state index contributed by atoms with van der Waals surface area (Å²) >= 11 is 0. The zero-order valence-corrected chi connectivity index (χ0v) is 11.8. The molecule has 112 valence electrons. The van der Waals surface area contributed by atoms with Crippen LogP contribution in [0.4, 0.5) is 5.69 Å². The summed E-state index contributed by atoms with van der Waals surface area (Å²) in [4.78, 5) is 27.6. The molecule has 0 aliphatic carbocycles. The molecule has 0 aromatic heterocycles. The summed E-state index contributed by atoms with van der Waals surface area (Å²) in [5, 5.41) is 12.0. The van der Waals surface area contributed by atoms with Crippen LogP contribution in [0.15, 0.2) is 24.3 Å². The second-order valence-electron chi connectivity index (χ2n) is 5.53. The van der Waals surface area contributed by atoms with Crippen LogP contribution in [0.5, 0.6) is 5.75 Å². The fourth-order valence-corrected chi connectivity index (χ4v) is 2.89. The summed E-state index contributed by atoms with van der Waals surface area (Å²) in [6.45, 7) is 3.35. The summed E-state index contributed by atoms with van der Waals surface area (Å²) in [6.07, 6.45) is 0.316. The van der Waals surface area contributed by atoms with E-state index in [0.29, 0.717) is 26.1 Å². The van der Waals surface area contributed by atoms with Crippen molar-refractivity contribution in [2.45, 2.75) is 6.42 Å². The van der Waals surface area contributed by atoms with Crippen LogP contribution in [0.2, 0.25) is 0 Å². The third kappa shape index (κ3) is 2.94. The minimum atomic E-state index is -0.197. The summed E-state index contributed by atoms with van der Waals surface area (Å²) < 4.78 is 0. The maximum absolute atomic E-state index is 12.3. The van der Waals surface area contributed by atoms with Crippen LogP contribution in [0.25, 0.3) is 0 Å². The predicted molar refractivity (Wildman–Crippen MR) is 78.0 cm³/mol. The van der Waals surface area contributed by atoms with Gasteiger partial charge >= 0.3 is 0 Å². The number of nitrogens with one attached hydrogen (secondary N) is 1. The monoisotopic (exact) mass is 289 g/mol. The van der Waals surface area contributed by atoms with E-state index in [1.165, 1.54) is 0 Å². The van der Waals surface area contributed by atoms with E-state index in [-0.39, 0.29) is 23.5 Å². The highest BCUT2D eigenvalue weighted by Gasteiger charge is 2.32. The van der Waals surface area contributed by atoms with Crippen molar-refractivity contribution in [2.75, 3.05) is 37.6 Å². The highest BCUT2D eigenvalue weighted by molar-refractivity contribution is 5.89. The normalized spacial score (nSPS) is 22.3. The molecule has 6 heteroatoms. The summed E-state index contributed by atoms with van der Waals surface area (Å²) in [5.74, 6) is 0.110. The number of amides is 2. The highest BCUT2D eigenvalue weighted by atomic mass is 16.3. The van der Waals surface area contributed by atoms with Crippen LogP contribution < -0.4 is 10.2 Å². The molecule has 3 rings (SSSR count). The van der Waals surface area contributed by atoms with Gasteiger partial charge in [0, 0.05) is 44.8 Å². The van der Waals surface area contributed by atoms with Gasteiger partial charge in [0.05, 0.1) is 5.92 Å². The minimum absolute atomic E-state index is 0.0314. The van der Waals surface area contributed by atoms with Gasteiger partial charge in [0.1, 0.15) is 5.75 Å². The molecule has 2 N–H and O–H groups in total. The fraction of sp³-hybridized carbons (Fsp3) is 0.467. The molecule has 1 aromatic rings. The number of carbonyl (C=O) groups is 2. The molecule has 2 aliphatic rings. The first-order chi connectivity index (χ1) is 10.1. The van der Waals surface area contributed by atoms with Crippen molar-refractivity contribution in [1.29, 1.82) is 0 Å². The number of anilines is 1. The first kappa shape index (κ1) is 13.7. The SMILES string of the molecule is O=C1CC(C(=O)N2CCN(c3ccc(O)cc3)CC2)CN1. The summed E-state index contributed by atoms with van der Waals surface area (Å²) in [6, 6.07) is 7.10. The van der Waals surface area contributed by atoms with E-state index in [1.807, 2.05) is 17.0 Å². The third-order valence-corrected chi connectivity index (χ3v) is 4.13. The van der Waals surface area contributed by atoms with E-state index < -0.39 is 0 Å². The minimum Gasteiger partial charge on any atom is -0.508 e. The van der Waals surface area contributed by atoms with Crippen molar-refractivity contribution in [1.82, 2.24) is 10.2 Å². The predicted octanol–water partition coefficient (Wildman–Crippen LogP) is 0.177. The lowest BCUT2D eigenvalue weighted by Crippen LogP contribution is -2.50. The molecule has 0 saturated carbocycles. The number of nitrogens with zero attached hydrogens (tertiary/aromatic N) is 2. The van der Waals surface area contributed by atoms with Crippen LogP contribution >= 0.6 is 0 Å². The van der Waals surface area contributed by atoms with Gasteiger partial charge in [-0.1, -0.05) is 0 Å². The van der Waals surface area contributed by atoms with Gasteiger partial charge in [-0.05, 0) is 24.3 Å². The number of phenols is 1. The molecular formula is C15H19N3O3. The average Bonchev–Trinajstić information content (AvgIpc) is 2.94. The number of hydrogen-bond acceptors (Lipinski definition) is 4. The Labute approximate surface area is 123 Å². The lowest BCUT2D eigenvalue weighted by atomic mass is 10.1. The average molecular weight is 289 g/mol. The van der Waals surface area contributed by atoms with Crippen molar-refractivity contribution in [3.8, 4) is 5.75 Å². The number of aromatic hydroxyl groups is 1. The van der Waals surface area contributed by atoms with Crippen LogP contribution in [-0.4, -0.2) is 54.5 Å². The first-order valence-electron chi connectivity index (χ1n) is 7.23. The number of phenolic OH excluding ortho intramolecular Hbond substituents is 1. The number of benzene rings is 1. The van der Waals surface area contributed by atoms with Crippen molar-refractivity contribution in [3.63, 3.8) is 0 Å². The van der Waals surface area contributed by atoms with E-state index in [2.05, 4.69) is 10.2 Å². The van der Waals surface area contributed by atoms with Gasteiger partial charge in [-0.25, -0.2) is 0 Å². The Morgan fingerprint density at radius 2 is 1.81 bits per heavy atom. The Balaban J connectivity index is 1.56. The lowest BCUT2D eigenvalue weighted by Gasteiger charge is -2.37. The quantitative estimate of drug-likeness (QED) is 0.814. The molecule has 0 bridgehead atoms. The van der Waals surface area contributed by atoms with Gasteiger partial charge in [-0.15, -0.1) is 0 Å². The fourth-order valence-electron chi connectivity index (χ4n) is 2.89. The molecule has 2 amide bonds. The van der Waals surface area contributed by atoms with Gasteiger partial charge in [-0.3, -0.25) is 9.59 Å². The maximum atomic E-state index is 12.3. The molecule has 0 spiro atoms. The molecule has 1 aromatic carbocycles. The number of piperazine rings is 1. The van der Waals surface area contributed by atoms with E-state index in [9.17, 15) is 14.7 Å². The van der Waals surface area contributed by atoms with Gasteiger partial charge < -0.3 is 20.2 Å². The van der Waals surface area contributed by atoms with Gasteiger partial charge in [0.15, 0.2) is 0 Å². The van der Waals surface area contributed by atoms with Gasteiger partial charge in [0.25, 0.3) is 0 Å². The molecule has 21 heavy (non-hydrogen) atoms. The van der Waals surface area contributed by atoms with Crippen molar-refractivity contribution >= 4 is 17.5 Å². The molecule has 6 nitrogen and oxygen atoms in total. The molecule has 1 atom stereocenters. The van der Waals surface area contributed by atoms with E-state index in [4.69, 9.17) is 0 Å². The molecule has 0 radical (unpaired) electrons. The van der Waals surface area contributed by atoms with Crippen LogP contribution in [0.1, 0.15) is 6.42 Å². The first-order valence-corrected chi connectivity index (χ1v) is 7.23. The Morgan fingerprint density at radius 1 is 1.14 bits per heavy atom. The summed E-state index contributed by atoms with van der Waals surface area (Å²) in [5.41, 5.74) is 1.05. The topological polar surface area (TPSA) is 72.9 Å². The van der Waals surface area contributed by atoms with Crippen molar-refractivity contribution < 1.29 is 14.7 Å². The standard InChI is InChI=1S/C15H19N3O3/c19-13-3-1-12(2-4-13)17-5-7-18(8-6-17)15(21)11-9-14(20)16-10-11/h1-4,11,19H,5-10H2,(H,16,20). The van der Waals surface area contributed by atoms with Crippen LogP contribution in [0.3, 0.4) is 0 Å². The number of carbonyl (C=O) groups excluding carboxylic acids is 2. The Hall–Kier alpha value is -2.24. The van der Waals surface area contributed by atoms with Crippen molar-refractivity contribution in [3.05, 3.63) is 24.3 Å². The summed E-state index contributed by atoms with van der Waals surface area (Å²) in [7, 11) is 0. The highest BCUT2D eigenvalue weighted by Crippen LogP contribution is 2.21. The van der Waals surface area contributed by atoms with Crippen molar-refractivity contribution in [2.24, 2.45) is 5.92 Å². The molecule has 2 heterocycles. The molecular weight excluding hydrogens is 270 g/mol. The Bertz CT molecular complexity index is 536. The Morgan fingerprint density at radius 3 is 2.38 bits per heavy atom. The largest absolute Gasteiger partial charge is 0.508 e. The molecule has 2 aliphatic heterocycles.